The number of ketones is 1. The number of benzene rings is 2. The number of carbonyl (C=O) groups is 5. The largest absolute Gasteiger partial charge is 0.456 e. The molecule has 1 aliphatic heterocycles. The van der Waals surface area contributed by atoms with Crippen LogP contribution in [0.4, 0.5) is 4.79 Å². The van der Waals surface area contributed by atoms with Gasteiger partial charge >= 0.3 is 24.0 Å². The third kappa shape index (κ3) is 7.45. The number of Topliss-reactive ketones (excluding diaryl/α,β-unsaturated/α-hetero) is 1. The first-order valence-corrected chi connectivity index (χ1v) is 19.7. The number of esters is 3. The molecule has 15 heteroatoms. The van der Waals surface area contributed by atoms with Crippen LogP contribution in [0.3, 0.4) is 0 Å². The van der Waals surface area contributed by atoms with Gasteiger partial charge in [-0.25, -0.2) is 14.4 Å². The molecule has 15 nitrogen and oxygen atoms in total. The first-order valence-electron chi connectivity index (χ1n) is 19.7. The first kappa shape index (κ1) is 43.9. The Morgan fingerprint density at radius 2 is 1.58 bits per heavy atom. The van der Waals surface area contributed by atoms with Crippen molar-refractivity contribution in [3.8, 4) is 0 Å². The van der Waals surface area contributed by atoms with Crippen LogP contribution in [-0.2, 0) is 42.8 Å². The summed E-state index contributed by atoms with van der Waals surface area (Å²) < 4.78 is 35.9. The molecule has 1 saturated heterocycles. The van der Waals surface area contributed by atoms with E-state index in [1.54, 1.807) is 97.0 Å². The Bertz CT molecular complexity index is 1990. The summed E-state index contributed by atoms with van der Waals surface area (Å²) in [5.41, 5.74) is -7.57. The number of methoxy groups -OCH3 is 1. The quantitative estimate of drug-likeness (QED) is 0.161. The summed E-state index contributed by atoms with van der Waals surface area (Å²) in [5.74, 6) is -4.98. The van der Waals surface area contributed by atoms with E-state index in [0.717, 1.165) is 0 Å². The lowest BCUT2D eigenvalue weighted by Crippen LogP contribution is -2.82. The fourth-order valence-electron chi connectivity index (χ4n) is 9.88. The van der Waals surface area contributed by atoms with Crippen LogP contribution in [0.2, 0.25) is 0 Å². The van der Waals surface area contributed by atoms with Crippen molar-refractivity contribution in [1.82, 2.24) is 5.32 Å². The molecule has 59 heavy (non-hydrogen) atoms. The van der Waals surface area contributed by atoms with E-state index in [-0.39, 0.29) is 29.7 Å². The summed E-state index contributed by atoms with van der Waals surface area (Å²) in [6.07, 6.45) is -10.3. The number of ether oxygens (including phenoxy) is 6. The SMILES string of the molecule is COC1CC2OCC2(OC(C)=O)C2C(OC(=O)c3ccccc3)C3(O)CC(OC(=O)C(O)C(NC(=O)OC(C)(C)C)c4ccccc4)C(C)=C(C(O)C(=O)C12C)C3(C)C. The number of carbonyl (C=O) groups excluding carboxylic acids is 5. The van der Waals surface area contributed by atoms with E-state index >= 15 is 4.79 Å². The Hall–Kier alpha value is -4.67. The van der Waals surface area contributed by atoms with E-state index in [2.05, 4.69) is 5.32 Å². The van der Waals surface area contributed by atoms with Crippen LogP contribution in [0.5, 0.6) is 0 Å². The van der Waals surface area contributed by atoms with E-state index in [4.69, 9.17) is 28.4 Å². The molecule has 320 valence electrons. The predicted octanol–water partition coefficient (Wildman–Crippen LogP) is 3.91. The van der Waals surface area contributed by atoms with E-state index < -0.39 is 112 Å². The van der Waals surface area contributed by atoms with Gasteiger partial charge in [-0.1, -0.05) is 62.4 Å². The lowest BCUT2D eigenvalue weighted by atomic mass is 9.44. The van der Waals surface area contributed by atoms with Crippen LogP contribution < -0.4 is 5.32 Å². The molecule has 2 aromatic carbocycles. The molecule has 4 N–H and O–H groups in total. The van der Waals surface area contributed by atoms with E-state index in [1.807, 2.05) is 0 Å². The molecule has 6 rings (SSSR count). The topological polar surface area (TPSA) is 213 Å². The summed E-state index contributed by atoms with van der Waals surface area (Å²) >= 11 is 0. The second-order valence-electron chi connectivity index (χ2n) is 17.8. The van der Waals surface area contributed by atoms with E-state index in [9.17, 15) is 34.5 Å². The van der Waals surface area contributed by atoms with E-state index in [0.29, 0.717) is 5.56 Å². The Balaban J connectivity index is 1.50. The van der Waals surface area contributed by atoms with Gasteiger partial charge in [0.25, 0.3) is 0 Å². The molecule has 0 spiro atoms. The van der Waals surface area contributed by atoms with Crippen molar-refractivity contribution in [2.24, 2.45) is 16.7 Å². The summed E-state index contributed by atoms with van der Waals surface area (Å²) in [4.78, 5) is 69.4. The van der Waals surface area contributed by atoms with Crippen LogP contribution >= 0.6 is 0 Å². The van der Waals surface area contributed by atoms with Gasteiger partial charge < -0.3 is 49.1 Å². The van der Waals surface area contributed by atoms with Crippen molar-refractivity contribution < 1.29 is 67.7 Å². The van der Waals surface area contributed by atoms with Gasteiger partial charge in [-0.3, -0.25) is 9.59 Å². The molecule has 4 aliphatic rings. The Morgan fingerprint density at radius 1 is 0.966 bits per heavy atom. The number of hydrogen-bond donors (Lipinski definition) is 4. The normalized spacial score (nSPS) is 33.3. The maximum absolute atomic E-state index is 15.2. The van der Waals surface area contributed by atoms with Crippen LogP contribution in [0, 0.1) is 16.7 Å². The highest BCUT2D eigenvalue weighted by molar-refractivity contribution is 5.94. The molecule has 2 saturated carbocycles. The zero-order chi connectivity index (χ0) is 43.5. The lowest BCUT2D eigenvalue weighted by molar-refractivity contribution is -0.347. The number of alkyl carbamates (subject to hydrolysis) is 1. The summed E-state index contributed by atoms with van der Waals surface area (Å²) in [6, 6.07) is 14.8. The minimum Gasteiger partial charge on any atom is -0.456 e. The highest BCUT2D eigenvalue weighted by Gasteiger charge is 2.78. The van der Waals surface area contributed by atoms with Gasteiger partial charge in [0.05, 0.1) is 35.6 Å². The van der Waals surface area contributed by atoms with Gasteiger partial charge in [0.2, 0.25) is 0 Å². The number of nitrogens with one attached hydrogen (secondary N) is 1. The van der Waals surface area contributed by atoms with Crippen molar-refractivity contribution >= 4 is 29.8 Å². The second-order valence-corrected chi connectivity index (χ2v) is 17.8. The van der Waals surface area contributed by atoms with Crippen LogP contribution in [0.1, 0.15) is 90.2 Å². The van der Waals surface area contributed by atoms with Crippen molar-refractivity contribution in [3.63, 3.8) is 0 Å². The Labute approximate surface area is 343 Å². The molecule has 0 aromatic heterocycles. The molecule has 11 unspecified atom stereocenters. The monoisotopic (exact) mass is 821 g/mol. The van der Waals surface area contributed by atoms with E-state index in [1.165, 1.54) is 26.2 Å². The molecule has 0 radical (unpaired) electrons. The molecule has 2 bridgehead atoms. The minimum atomic E-state index is -2.30. The molecule has 1 heterocycles. The van der Waals surface area contributed by atoms with Gasteiger partial charge in [0.15, 0.2) is 17.5 Å². The molecule has 3 aliphatic carbocycles. The number of hydrogen-bond acceptors (Lipinski definition) is 14. The third-order valence-corrected chi connectivity index (χ3v) is 12.8. The average Bonchev–Trinajstić information content (AvgIpc) is 3.16. The van der Waals surface area contributed by atoms with Crippen molar-refractivity contribution in [3.05, 3.63) is 82.9 Å². The number of amides is 1. The van der Waals surface area contributed by atoms with Gasteiger partial charge in [0.1, 0.15) is 35.6 Å². The fraction of sp³-hybridized carbons (Fsp3) is 0.568. The smallest absolute Gasteiger partial charge is 0.408 e. The zero-order valence-electron chi connectivity index (χ0n) is 34.8. The number of fused-ring (bicyclic) bond motifs is 5. The standard InChI is InChI=1S/C44H55NO14/c1-23-27(56-38(51)33(48)31(25-16-12-10-13-17-25)45-39(52)59-40(3,4)5)21-44(53)36(57-37(50)26-18-14-11-15-19-26)34-42(8,35(49)32(47)30(23)41(44,6)7)28(54-9)20-29-43(34,22-55-29)58-24(2)46/h10-19,27-29,31-34,36,47-48,53H,20-22H2,1-9H3,(H,45,52). The highest BCUT2D eigenvalue weighted by Crippen LogP contribution is 2.64. The zero-order valence-corrected chi connectivity index (χ0v) is 34.8. The van der Waals surface area contributed by atoms with Crippen molar-refractivity contribution in [1.29, 1.82) is 0 Å². The van der Waals surface area contributed by atoms with Gasteiger partial charge in [0, 0.05) is 32.3 Å². The molecule has 11 atom stereocenters. The third-order valence-electron chi connectivity index (χ3n) is 12.8. The molecular weight excluding hydrogens is 766 g/mol. The van der Waals surface area contributed by atoms with Gasteiger partial charge in [-0.05, 0) is 63.5 Å². The summed E-state index contributed by atoms with van der Waals surface area (Å²) in [7, 11) is 1.39. The highest BCUT2D eigenvalue weighted by atomic mass is 16.6. The number of aliphatic hydroxyl groups is 3. The number of rotatable bonds is 9. The number of aliphatic hydroxyl groups excluding tert-OH is 2. The fourth-order valence-corrected chi connectivity index (χ4v) is 9.88. The van der Waals surface area contributed by atoms with Gasteiger partial charge in [-0.15, -0.1) is 0 Å². The predicted molar refractivity (Wildman–Crippen MR) is 208 cm³/mol. The molecule has 1 amide bonds. The molecule has 3 fully saturated rings. The van der Waals surface area contributed by atoms with Crippen molar-refractivity contribution in [2.75, 3.05) is 13.7 Å². The van der Waals surface area contributed by atoms with Crippen LogP contribution in [0.15, 0.2) is 71.8 Å². The Morgan fingerprint density at radius 3 is 2.12 bits per heavy atom. The van der Waals surface area contributed by atoms with Crippen molar-refractivity contribution in [2.45, 2.75) is 128 Å². The Kier molecular flexibility index (Phi) is 11.7. The van der Waals surface area contributed by atoms with Gasteiger partial charge in [-0.2, -0.15) is 0 Å². The first-order chi connectivity index (χ1) is 27.5. The summed E-state index contributed by atoms with van der Waals surface area (Å²) in [5, 5.41) is 40.1. The lowest BCUT2D eigenvalue weighted by Gasteiger charge is -2.67. The molecule has 2 aromatic rings. The maximum Gasteiger partial charge on any atom is 0.408 e. The second kappa shape index (κ2) is 15.7. The van der Waals surface area contributed by atoms with Crippen LogP contribution in [-0.4, -0.2) is 112 Å². The minimum absolute atomic E-state index is 0.00108. The molecular formula is C44H55NO14. The van der Waals surface area contributed by atoms with Crippen LogP contribution in [0.25, 0.3) is 0 Å². The summed E-state index contributed by atoms with van der Waals surface area (Å²) in [6.45, 7) is 12.2. The maximum atomic E-state index is 15.2. The average molecular weight is 822 g/mol.